The third-order valence-electron chi connectivity index (χ3n) is 10.6. The predicted octanol–water partition coefficient (Wildman–Crippen LogP) is 6.91. The maximum atomic E-state index is 14.0. The Kier molecular flexibility index (Phi) is 7.95. The summed E-state index contributed by atoms with van der Waals surface area (Å²) in [4.78, 5) is 16.3. The van der Waals surface area contributed by atoms with Crippen LogP contribution < -0.4 is 10.0 Å². The Morgan fingerprint density at radius 1 is 0.816 bits per heavy atom. The molecule has 252 valence electrons. The summed E-state index contributed by atoms with van der Waals surface area (Å²) in [7, 11) is -4.40. The molecule has 3 aliphatic rings. The van der Waals surface area contributed by atoms with Crippen molar-refractivity contribution in [2.45, 2.75) is 64.7 Å². The molecule has 7 nitrogen and oxygen atoms in total. The number of benzene rings is 4. The van der Waals surface area contributed by atoms with Gasteiger partial charge in [0.1, 0.15) is 6.54 Å². The Morgan fingerprint density at radius 2 is 1.45 bits per heavy atom. The fraction of sp³-hybridized carbons (Fsp3) is 0.317. The Morgan fingerprint density at radius 3 is 2.08 bits per heavy atom. The first-order chi connectivity index (χ1) is 23.3. The fourth-order valence-corrected chi connectivity index (χ4v) is 8.64. The van der Waals surface area contributed by atoms with Gasteiger partial charge < -0.3 is 14.6 Å². The van der Waals surface area contributed by atoms with Gasteiger partial charge in [0.15, 0.2) is 11.5 Å². The molecule has 0 aromatic heterocycles. The molecule has 2 aliphatic heterocycles. The lowest BCUT2D eigenvalue weighted by Gasteiger charge is -2.33. The summed E-state index contributed by atoms with van der Waals surface area (Å²) in [6.07, 6.45) is 5.61. The van der Waals surface area contributed by atoms with E-state index < -0.39 is 26.7 Å². The summed E-state index contributed by atoms with van der Waals surface area (Å²) in [5.41, 5.74) is 5.15. The molecule has 0 fully saturated rings. The molecule has 7 rings (SSSR count). The number of hydrogen-bond acceptors (Lipinski definition) is 6. The van der Waals surface area contributed by atoms with E-state index in [1.165, 1.54) is 10.9 Å². The Bertz CT molecular complexity index is 2310. The van der Waals surface area contributed by atoms with Crippen molar-refractivity contribution < 1.29 is 27.4 Å². The molecule has 1 aliphatic carbocycles. The first-order valence-electron chi connectivity index (χ1n) is 17.1. The molecule has 0 atom stereocenters. The Hall–Kier alpha value is -4.53. The number of nitrogens with zero attached hydrogens (tertiary/aromatic N) is 2. The number of carbonyl (C=O) groups is 1. The fourth-order valence-electron chi connectivity index (χ4n) is 8.16. The van der Waals surface area contributed by atoms with Gasteiger partial charge in [0.25, 0.3) is 0 Å². The molecule has 8 heteroatoms. The molecule has 0 radical (unpaired) electrons. The summed E-state index contributed by atoms with van der Waals surface area (Å²) in [5.74, 6) is -1.09. The van der Waals surface area contributed by atoms with E-state index in [9.17, 15) is 22.9 Å². The van der Waals surface area contributed by atoms with Crippen molar-refractivity contribution >= 4 is 54.5 Å². The van der Waals surface area contributed by atoms with Crippen molar-refractivity contribution in [3.05, 3.63) is 119 Å². The maximum Gasteiger partial charge on any atom is 0.210 e. The minimum Gasteiger partial charge on any atom is -0.871 e. The summed E-state index contributed by atoms with van der Waals surface area (Å²) in [5, 5.41) is 18.4. The van der Waals surface area contributed by atoms with Crippen LogP contribution in [-0.4, -0.2) is 47.9 Å². The molecule has 0 bridgehead atoms. The van der Waals surface area contributed by atoms with Crippen LogP contribution in [0, 0.1) is 0 Å². The number of anilines is 1. The monoisotopic (exact) mass is 673 g/mol. The van der Waals surface area contributed by atoms with Crippen molar-refractivity contribution in [3.8, 4) is 0 Å². The van der Waals surface area contributed by atoms with Gasteiger partial charge >= 0.3 is 0 Å². The minimum absolute atomic E-state index is 0.115. The van der Waals surface area contributed by atoms with Crippen molar-refractivity contribution in [2.75, 3.05) is 23.7 Å². The Balaban J connectivity index is 1.33. The van der Waals surface area contributed by atoms with Gasteiger partial charge in [-0.05, 0) is 65.6 Å². The van der Waals surface area contributed by atoms with Crippen LogP contribution in [0.2, 0.25) is 0 Å². The molecule has 49 heavy (non-hydrogen) atoms. The van der Waals surface area contributed by atoms with Crippen LogP contribution >= 0.6 is 0 Å². The molecule has 4 aromatic carbocycles. The number of unbranched alkanes of at least 4 members (excludes halogenated alkanes) is 1. The van der Waals surface area contributed by atoms with E-state index in [4.69, 9.17) is 0 Å². The van der Waals surface area contributed by atoms with Gasteiger partial charge in [-0.2, -0.15) is 4.58 Å². The number of allylic oxidation sites excluding steroid dienone is 5. The van der Waals surface area contributed by atoms with Gasteiger partial charge in [0.2, 0.25) is 5.69 Å². The summed E-state index contributed by atoms with van der Waals surface area (Å²) >= 11 is 0. The number of ketones is 1. The smallest absolute Gasteiger partial charge is 0.210 e. The van der Waals surface area contributed by atoms with Crippen LogP contribution in [-0.2, 0) is 25.7 Å². The molecule has 4 aromatic rings. The predicted molar refractivity (Wildman–Crippen MR) is 193 cm³/mol. The Labute approximate surface area is 288 Å². The number of carbonyl (C=O) groups excluding carboxylic acids is 1. The van der Waals surface area contributed by atoms with Gasteiger partial charge in [0.05, 0.1) is 15.5 Å². The van der Waals surface area contributed by atoms with Crippen LogP contribution in [0.3, 0.4) is 0 Å². The highest BCUT2D eigenvalue weighted by Gasteiger charge is 2.47. The quantitative estimate of drug-likeness (QED) is 0.109. The highest BCUT2D eigenvalue weighted by Crippen LogP contribution is 2.52. The van der Waals surface area contributed by atoms with E-state index in [-0.39, 0.29) is 35.7 Å². The molecule has 0 N–H and O–H groups in total. The lowest BCUT2D eigenvalue weighted by Crippen LogP contribution is -2.35. The molecule has 0 amide bonds. The van der Waals surface area contributed by atoms with Gasteiger partial charge in [0, 0.05) is 64.4 Å². The average Bonchev–Trinajstić information content (AvgIpc) is 3.42. The summed E-state index contributed by atoms with van der Waals surface area (Å²) in [6.45, 7) is 11.6. The second kappa shape index (κ2) is 11.8. The average molecular weight is 674 g/mol. The molecule has 0 spiro atoms. The number of rotatable bonds is 9. The van der Waals surface area contributed by atoms with E-state index in [0.29, 0.717) is 0 Å². The van der Waals surface area contributed by atoms with Crippen molar-refractivity contribution in [1.82, 2.24) is 0 Å². The normalized spacial score (nSPS) is 19.8. The SMILES string of the molecule is CCCCN1/C(=C/C2=C([O-])C(=C/C3=[N+](CCCS(=O)(=O)[O-])c4ccc5ccccc5c4C3(C)C)/C2=O)C(C)(C)c2c1ccc1ccccc21. The van der Waals surface area contributed by atoms with Crippen LogP contribution in [0.1, 0.15) is 65.0 Å². The van der Waals surface area contributed by atoms with Crippen LogP contribution in [0.5, 0.6) is 0 Å². The molecule has 0 saturated heterocycles. The lowest BCUT2D eigenvalue weighted by atomic mass is 9.76. The molecule has 0 unspecified atom stereocenters. The first kappa shape index (κ1) is 33.0. The molecule has 0 saturated carbocycles. The van der Waals surface area contributed by atoms with Crippen molar-refractivity contribution in [3.63, 3.8) is 0 Å². The second-order valence-corrected chi connectivity index (χ2v) is 16.0. The van der Waals surface area contributed by atoms with Crippen molar-refractivity contribution in [2.24, 2.45) is 0 Å². The zero-order valence-electron chi connectivity index (χ0n) is 28.7. The zero-order valence-corrected chi connectivity index (χ0v) is 29.5. The van der Waals surface area contributed by atoms with E-state index in [2.05, 4.69) is 69.9 Å². The van der Waals surface area contributed by atoms with E-state index in [0.717, 1.165) is 63.9 Å². The highest BCUT2D eigenvalue weighted by molar-refractivity contribution is 7.85. The standard InChI is InChI=1S/C41H42N2O5S/c1-6-7-21-42-32-19-17-26-13-8-10-15-28(26)36(32)40(2,3)34(42)24-30-38(44)31(39(30)45)25-35-41(4,5)37-29-16-11-9-14-27(29)18-20-33(37)43(35)22-12-23-49(46,47)48/h8-11,13-20,24-25H,6-7,12,21-23H2,1-5H3,(H-,44,45,46,47,48)/p-1. The minimum atomic E-state index is -4.40. The van der Waals surface area contributed by atoms with Crippen molar-refractivity contribution in [1.29, 1.82) is 0 Å². The summed E-state index contributed by atoms with van der Waals surface area (Å²) in [6, 6.07) is 24.7. The maximum absolute atomic E-state index is 14.0. The van der Waals surface area contributed by atoms with Gasteiger partial charge in [-0.15, -0.1) is 0 Å². The second-order valence-electron chi connectivity index (χ2n) is 14.4. The molecular weight excluding hydrogens is 633 g/mol. The summed E-state index contributed by atoms with van der Waals surface area (Å²) < 4.78 is 36.5. The van der Waals surface area contributed by atoms with Gasteiger partial charge in [-0.3, -0.25) is 4.79 Å². The molecule has 2 heterocycles. The highest BCUT2D eigenvalue weighted by atomic mass is 32.2. The van der Waals surface area contributed by atoms with E-state index in [1.807, 2.05) is 53.1 Å². The first-order valence-corrected chi connectivity index (χ1v) is 18.6. The number of fused-ring (bicyclic) bond motifs is 6. The lowest BCUT2D eigenvalue weighted by molar-refractivity contribution is -0.437. The van der Waals surface area contributed by atoms with E-state index >= 15 is 0 Å². The number of Topliss-reactive ketones (excluding diaryl/α,β-unsaturated/α-hetero) is 1. The third kappa shape index (κ3) is 5.33. The van der Waals surface area contributed by atoms with Crippen LogP contribution in [0.15, 0.2) is 108 Å². The third-order valence-corrected chi connectivity index (χ3v) is 11.3. The largest absolute Gasteiger partial charge is 0.871 e. The van der Waals surface area contributed by atoms with Crippen LogP contribution in [0.4, 0.5) is 11.4 Å². The van der Waals surface area contributed by atoms with Crippen LogP contribution in [0.25, 0.3) is 21.5 Å². The topological polar surface area (TPSA) is 104 Å². The van der Waals surface area contributed by atoms with Gasteiger partial charge in [-0.25, -0.2) is 8.42 Å². The zero-order chi connectivity index (χ0) is 34.9. The van der Waals surface area contributed by atoms with Gasteiger partial charge in [-0.1, -0.05) is 87.5 Å². The molecular formula is C41H41N2O5S-. The number of hydrogen-bond donors (Lipinski definition) is 0. The van der Waals surface area contributed by atoms with E-state index in [1.54, 1.807) is 6.08 Å².